The number of ether oxygens (including phenoxy) is 2. The molecule has 1 heterocycles. The lowest BCUT2D eigenvalue weighted by molar-refractivity contribution is -0.321. The minimum atomic E-state index is -1.61. The predicted octanol–water partition coefficient (Wildman–Crippen LogP) is 2.77. The van der Waals surface area contributed by atoms with Crippen LogP contribution >= 0.6 is 8.58 Å². The Bertz CT molecular complexity index is 1210. The molecule has 3 fully saturated rings. The second kappa shape index (κ2) is 9.03. The summed E-state index contributed by atoms with van der Waals surface area (Å²) in [6.07, 6.45) is -2.56. The lowest BCUT2D eigenvalue weighted by Crippen LogP contribution is -2.79. The van der Waals surface area contributed by atoms with E-state index in [1.165, 1.54) is 6.92 Å². The van der Waals surface area contributed by atoms with Gasteiger partial charge in [-0.05, 0) is 40.8 Å². The maximum absolute atomic E-state index is 14.6. The van der Waals surface area contributed by atoms with Crippen molar-refractivity contribution in [2.75, 3.05) is 6.61 Å². The van der Waals surface area contributed by atoms with Crippen LogP contribution in [0.25, 0.3) is 0 Å². The number of rotatable bonds is 4. The third kappa shape index (κ3) is 3.64. The molecule has 1 aromatic rings. The summed E-state index contributed by atoms with van der Waals surface area (Å²) in [6, 6.07) is 8.78. The fourth-order valence-corrected chi connectivity index (χ4v) is 9.89. The number of esters is 1. The van der Waals surface area contributed by atoms with Gasteiger partial charge in [-0.25, -0.2) is 0 Å². The molecule has 1 saturated heterocycles. The van der Waals surface area contributed by atoms with Crippen LogP contribution < -0.4 is 0 Å². The highest BCUT2D eigenvalue weighted by Gasteiger charge is 2.75. The minimum absolute atomic E-state index is 0.0182. The van der Waals surface area contributed by atoms with Crippen LogP contribution in [0.4, 0.5) is 0 Å². The lowest BCUT2D eigenvalue weighted by atomic mass is 9.46. The Balaban J connectivity index is 1.77. The summed E-state index contributed by atoms with van der Waals surface area (Å²) in [4.78, 5) is 40.6. The van der Waals surface area contributed by atoms with Crippen LogP contribution in [0.2, 0.25) is 0 Å². The number of benzene rings is 1. The molecule has 0 spiro atoms. The van der Waals surface area contributed by atoms with E-state index in [0.717, 1.165) is 5.57 Å². The molecule has 4 aliphatic rings. The average molecular weight is 545 g/mol. The van der Waals surface area contributed by atoms with E-state index < -0.39 is 72.3 Å². The van der Waals surface area contributed by atoms with Gasteiger partial charge < -0.3 is 24.8 Å². The lowest BCUT2D eigenvalue weighted by Gasteiger charge is -2.67. The molecule has 3 N–H and O–H groups in total. The molecule has 5 rings (SSSR count). The first-order valence-electron chi connectivity index (χ1n) is 13.2. The van der Waals surface area contributed by atoms with E-state index in [1.54, 1.807) is 31.2 Å². The first kappa shape index (κ1) is 27.6. The van der Waals surface area contributed by atoms with Crippen molar-refractivity contribution in [3.63, 3.8) is 0 Å². The fourth-order valence-electron chi connectivity index (χ4n) is 7.73. The highest BCUT2D eigenvalue weighted by molar-refractivity contribution is 7.59. The molecule has 2 saturated carbocycles. The van der Waals surface area contributed by atoms with Gasteiger partial charge in [-0.2, -0.15) is 0 Å². The number of carbonyl (C=O) groups excluding carboxylic acids is 3. The number of ketones is 1. The molecular weight excluding hydrogens is 507 g/mol. The van der Waals surface area contributed by atoms with Gasteiger partial charge in [0.1, 0.15) is 5.60 Å². The van der Waals surface area contributed by atoms with Crippen LogP contribution in [0.5, 0.6) is 0 Å². The number of Topliss-reactive ketones (excluding diaryl/α,β-unsaturated/α-hetero) is 1. The largest absolute Gasteiger partial charge is 0.450 e. The maximum atomic E-state index is 14.6. The molecule has 0 amide bonds. The molecular formula is C29H37O8P. The third-order valence-electron chi connectivity index (χ3n) is 9.97. The van der Waals surface area contributed by atoms with Crippen LogP contribution in [0.3, 0.4) is 0 Å². The highest BCUT2D eigenvalue weighted by atomic mass is 31.1. The Morgan fingerprint density at radius 2 is 1.79 bits per heavy atom. The van der Waals surface area contributed by atoms with Gasteiger partial charge in [0.2, 0.25) is 0 Å². The van der Waals surface area contributed by atoms with Gasteiger partial charge in [0.25, 0.3) is 0 Å². The molecule has 206 valence electrons. The molecule has 2 bridgehead atoms. The van der Waals surface area contributed by atoms with E-state index in [2.05, 4.69) is 0 Å². The number of fused-ring (bicyclic) bond motifs is 5. The van der Waals surface area contributed by atoms with Crippen LogP contribution in [0.1, 0.15) is 64.2 Å². The van der Waals surface area contributed by atoms with E-state index in [4.69, 9.17) is 9.47 Å². The highest BCUT2D eigenvalue weighted by Crippen LogP contribution is 2.66. The fraction of sp³-hybridized carbons (Fsp3) is 0.621. The van der Waals surface area contributed by atoms with Gasteiger partial charge >= 0.3 is 5.97 Å². The summed E-state index contributed by atoms with van der Waals surface area (Å²) in [5.41, 5.74) is -5.02. The molecule has 9 heteroatoms. The summed E-state index contributed by atoms with van der Waals surface area (Å²) >= 11 is 0. The first-order chi connectivity index (χ1) is 17.7. The molecule has 1 aliphatic heterocycles. The van der Waals surface area contributed by atoms with Crippen LogP contribution in [0.15, 0.2) is 41.5 Å². The van der Waals surface area contributed by atoms with Crippen molar-refractivity contribution in [3.05, 3.63) is 47.0 Å². The van der Waals surface area contributed by atoms with Crippen LogP contribution in [0, 0.1) is 16.7 Å². The van der Waals surface area contributed by atoms with E-state index in [0.29, 0.717) is 24.0 Å². The summed E-state index contributed by atoms with van der Waals surface area (Å²) in [7, 11) is -0.484. The number of carbonyl (C=O) groups is 3. The van der Waals surface area contributed by atoms with Gasteiger partial charge in [-0.15, -0.1) is 0 Å². The van der Waals surface area contributed by atoms with Crippen LogP contribution in [-0.2, 0) is 19.1 Å². The molecule has 0 aromatic heterocycles. The normalized spacial score (nSPS) is 42.0. The van der Waals surface area contributed by atoms with Crippen molar-refractivity contribution < 1.29 is 39.2 Å². The molecule has 4 unspecified atom stereocenters. The zero-order valence-electron chi connectivity index (χ0n) is 22.5. The topological polar surface area (TPSA) is 130 Å². The summed E-state index contributed by atoms with van der Waals surface area (Å²) in [5.74, 6) is -2.18. The Kier molecular flexibility index (Phi) is 6.56. The van der Waals surface area contributed by atoms with Gasteiger partial charge in [-0.1, -0.05) is 49.8 Å². The summed E-state index contributed by atoms with van der Waals surface area (Å²) < 4.78 is 11.4. The van der Waals surface area contributed by atoms with Crippen molar-refractivity contribution in [3.8, 4) is 0 Å². The number of hydrogen-bond donors (Lipinski definition) is 3. The third-order valence-corrected chi connectivity index (χ3v) is 11.6. The van der Waals surface area contributed by atoms with Gasteiger partial charge in [0.15, 0.2) is 17.4 Å². The van der Waals surface area contributed by atoms with Crippen molar-refractivity contribution in [1.29, 1.82) is 0 Å². The first-order valence-corrected chi connectivity index (χ1v) is 14.3. The van der Waals surface area contributed by atoms with E-state index in [1.807, 2.05) is 26.8 Å². The molecule has 3 aliphatic carbocycles. The number of allylic oxidation sites excluding steroid dienone is 1. The number of aliphatic hydroxyl groups excluding tert-OH is 1. The second-order valence-electron chi connectivity index (χ2n) is 12.2. The number of hydrogen-bond acceptors (Lipinski definition) is 8. The average Bonchev–Trinajstić information content (AvgIpc) is 2.86. The monoisotopic (exact) mass is 544 g/mol. The quantitative estimate of drug-likeness (QED) is 0.300. The minimum Gasteiger partial charge on any atom is -0.450 e. The standard InChI is InChI=1S/C29H37O8P/c1-15-11-12-29(35)24(38-25(33)17-9-7-6-8-10-17)22-27(5,18(31)13-19-28(22,34)14-36-19)23(32)21(37-16(2)30)20(15)26(29,3)4/h6-10,18-19,21-22,24,31,34-35,38H,11-14H2,1-5H3/t18?,19-,21?,22+,24+,27?,28+,29-/m1/s1. The van der Waals surface area contributed by atoms with E-state index in [9.17, 15) is 29.7 Å². The maximum Gasteiger partial charge on any atom is 0.303 e. The smallest absolute Gasteiger partial charge is 0.303 e. The zero-order valence-corrected chi connectivity index (χ0v) is 23.5. The molecule has 38 heavy (non-hydrogen) atoms. The van der Waals surface area contributed by atoms with Gasteiger partial charge in [0.05, 0.1) is 29.8 Å². The Morgan fingerprint density at radius 3 is 2.37 bits per heavy atom. The van der Waals surface area contributed by atoms with Crippen molar-refractivity contribution in [1.82, 2.24) is 0 Å². The van der Waals surface area contributed by atoms with Gasteiger partial charge in [-0.3, -0.25) is 14.4 Å². The van der Waals surface area contributed by atoms with Gasteiger partial charge in [0, 0.05) is 35.9 Å². The number of aliphatic hydroxyl groups is 3. The van der Waals surface area contributed by atoms with Crippen LogP contribution in [-0.4, -0.2) is 74.4 Å². The molecule has 0 radical (unpaired) electrons. The van der Waals surface area contributed by atoms with E-state index >= 15 is 0 Å². The van der Waals surface area contributed by atoms with Crippen molar-refractivity contribution >= 4 is 25.9 Å². The second-order valence-corrected chi connectivity index (χ2v) is 13.6. The molecule has 9 atom stereocenters. The van der Waals surface area contributed by atoms with Crippen molar-refractivity contribution in [2.24, 2.45) is 16.7 Å². The summed E-state index contributed by atoms with van der Waals surface area (Å²) in [5, 5.41) is 36.4. The molecule has 8 nitrogen and oxygen atoms in total. The van der Waals surface area contributed by atoms with E-state index in [-0.39, 0.29) is 18.6 Å². The van der Waals surface area contributed by atoms with Crippen molar-refractivity contribution in [2.45, 2.75) is 89.1 Å². The SMILES string of the molecule is CC(=O)OC1C(=O)C2(C)C(O)C[C@H]3OC[C@@]3(O)[C@H]2[C@H](PC(=O)c2ccccc2)[C@]2(O)CCC(C)=C1C2(C)C. The molecule has 1 aromatic carbocycles. The Hall–Kier alpha value is -1.96. The summed E-state index contributed by atoms with van der Waals surface area (Å²) in [6.45, 7) is 8.25. The zero-order chi connectivity index (χ0) is 27.8. The predicted molar refractivity (Wildman–Crippen MR) is 141 cm³/mol. The Labute approximate surface area is 224 Å². The Morgan fingerprint density at radius 1 is 1.13 bits per heavy atom.